The van der Waals surface area contributed by atoms with Crippen molar-refractivity contribution in [1.29, 1.82) is 0 Å². The summed E-state index contributed by atoms with van der Waals surface area (Å²) >= 11 is 0. The van der Waals surface area contributed by atoms with Gasteiger partial charge < -0.3 is 20.5 Å². The maximum atomic E-state index is 10.7. The largest absolute Gasteiger partial charge is 0.382 e. The van der Waals surface area contributed by atoms with Gasteiger partial charge in [-0.15, -0.1) is 0 Å². The molecule has 2 heterocycles. The van der Waals surface area contributed by atoms with Crippen LogP contribution in [-0.2, 0) is 17.8 Å². The van der Waals surface area contributed by atoms with E-state index < -0.39 is 5.72 Å². The average Bonchev–Trinajstić information content (AvgIpc) is 3.06. The number of ether oxygens (including phenoxy) is 1. The summed E-state index contributed by atoms with van der Waals surface area (Å²) < 4.78 is 5.53. The molecule has 6 heteroatoms. The molecule has 0 saturated carbocycles. The molecule has 0 aliphatic carbocycles. The van der Waals surface area contributed by atoms with E-state index in [9.17, 15) is 5.11 Å². The van der Waals surface area contributed by atoms with Gasteiger partial charge in [-0.1, -0.05) is 97.1 Å². The lowest BCUT2D eigenvalue weighted by molar-refractivity contribution is 0.000511. The van der Waals surface area contributed by atoms with Gasteiger partial charge in [0.05, 0.1) is 12.1 Å². The third kappa shape index (κ3) is 9.66. The molecule has 6 nitrogen and oxygen atoms in total. The Kier molecular flexibility index (Phi) is 11.4. The van der Waals surface area contributed by atoms with Crippen LogP contribution in [0.5, 0.6) is 0 Å². The van der Waals surface area contributed by atoms with E-state index in [0.29, 0.717) is 0 Å². The zero-order valence-electron chi connectivity index (χ0n) is 26.1. The summed E-state index contributed by atoms with van der Waals surface area (Å²) in [5, 5.41) is 17.7. The fourth-order valence-electron chi connectivity index (χ4n) is 6.23. The Hall–Kier alpha value is -3.68. The van der Waals surface area contributed by atoms with Gasteiger partial charge in [0, 0.05) is 70.6 Å². The second-order valence-electron chi connectivity index (χ2n) is 12.3. The predicted octanol–water partition coefficient (Wildman–Crippen LogP) is 6.86. The van der Waals surface area contributed by atoms with Crippen LogP contribution >= 0.6 is 0 Å². The van der Waals surface area contributed by atoms with Crippen LogP contribution in [-0.4, -0.2) is 66.1 Å². The van der Waals surface area contributed by atoms with Gasteiger partial charge in [0.15, 0.2) is 0 Å². The summed E-state index contributed by atoms with van der Waals surface area (Å²) in [4.78, 5) is 4.94. The Morgan fingerprint density at radius 3 is 1.39 bits per heavy atom. The van der Waals surface area contributed by atoms with Crippen LogP contribution in [0.25, 0.3) is 0 Å². The topological polar surface area (TPSA) is 60.0 Å². The summed E-state index contributed by atoms with van der Waals surface area (Å²) in [5.74, 6) is 0. The summed E-state index contributed by atoms with van der Waals surface area (Å²) in [7, 11) is 1.80. The van der Waals surface area contributed by atoms with Gasteiger partial charge in [0.25, 0.3) is 0 Å². The molecule has 0 amide bonds. The molecule has 2 aliphatic rings. The Morgan fingerprint density at radius 2 is 0.955 bits per heavy atom. The smallest absolute Gasteiger partial charge is 0.137 e. The van der Waals surface area contributed by atoms with Crippen LogP contribution in [0.15, 0.2) is 121 Å². The number of para-hydroxylation sites is 2. The third-order valence-corrected chi connectivity index (χ3v) is 8.75. The Morgan fingerprint density at radius 1 is 0.568 bits per heavy atom. The molecular weight excluding hydrogens is 544 g/mol. The third-order valence-electron chi connectivity index (χ3n) is 8.75. The molecule has 0 spiro atoms. The van der Waals surface area contributed by atoms with E-state index in [1.54, 1.807) is 7.11 Å². The Bertz CT molecular complexity index is 1340. The van der Waals surface area contributed by atoms with E-state index in [2.05, 4.69) is 105 Å². The van der Waals surface area contributed by atoms with Crippen molar-refractivity contribution < 1.29 is 9.84 Å². The van der Waals surface area contributed by atoms with Crippen molar-refractivity contribution in [2.24, 2.45) is 0 Å². The molecule has 4 aromatic carbocycles. The van der Waals surface area contributed by atoms with E-state index in [0.717, 1.165) is 77.2 Å². The highest BCUT2D eigenvalue weighted by atomic mass is 16.5. The standard InChI is InChI=1S/C20H26N2O.C18H22N2O/c1-23-17-20(21-19-10-6-3-7-11-19)12-14-22(15-13-20)16-18-8-4-2-5-9-18;21-18(19-17-9-5-2-6-10-17)11-13-20(14-12-18)15-16-7-3-1-4-8-16/h2-11,21H,12-17H2,1H3;1-10,19,21H,11-15H2. The number of benzene rings is 4. The fraction of sp³-hybridized carbons (Fsp3) is 0.368. The molecule has 0 radical (unpaired) electrons. The molecule has 44 heavy (non-hydrogen) atoms. The van der Waals surface area contributed by atoms with Crippen molar-refractivity contribution in [3.63, 3.8) is 0 Å². The van der Waals surface area contributed by atoms with Crippen molar-refractivity contribution in [2.75, 3.05) is 50.5 Å². The molecule has 232 valence electrons. The minimum absolute atomic E-state index is 0.0449. The number of hydrogen-bond donors (Lipinski definition) is 3. The highest BCUT2D eigenvalue weighted by molar-refractivity contribution is 5.46. The van der Waals surface area contributed by atoms with E-state index in [-0.39, 0.29) is 5.54 Å². The molecule has 0 aromatic heterocycles. The molecular formula is C38H48N4O2. The lowest BCUT2D eigenvalue weighted by Gasteiger charge is -2.42. The normalized spacial score (nSPS) is 18.0. The van der Waals surface area contributed by atoms with Crippen LogP contribution < -0.4 is 10.6 Å². The highest BCUT2D eigenvalue weighted by Crippen LogP contribution is 2.29. The summed E-state index contributed by atoms with van der Waals surface area (Å²) in [6, 6.07) is 41.6. The lowest BCUT2D eigenvalue weighted by Crippen LogP contribution is -2.51. The number of anilines is 2. The summed E-state index contributed by atoms with van der Waals surface area (Å²) in [5.41, 5.74) is 4.15. The van der Waals surface area contributed by atoms with E-state index in [1.165, 1.54) is 16.8 Å². The van der Waals surface area contributed by atoms with Crippen LogP contribution in [0.4, 0.5) is 11.4 Å². The number of aliphatic hydroxyl groups is 1. The molecule has 2 saturated heterocycles. The van der Waals surface area contributed by atoms with E-state index >= 15 is 0 Å². The highest BCUT2D eigenvalue weighted by Gasteiger charge is 2.35. The first-order valence-electron chi connectivity index (χ1n) is 15.9. The first-order chi connectivity index (χ1) is 21.5. The fourth-order valence-corrected chi connectivity index (χ4v) is 6.23. The molecule has 3 N–H and O–H groups in total. The van der Waals surface area contributed by atoms with Crippen LogP contribution in [0.1, 0.15) is 36.8 Å². The van der Waals surface area contributed by atoms with Gasteiger partial charge in [0.1, 0.15) is 5.72 Å². The zero-order chi connectivity index (χ0) is 30.5. The van der Waals surface area contributed by atoms with Gasteiger partial charge >= 0.3 is 0 Å². The second-order valence-corrected chi connectivity index (χ2v) is 12.3. The number of rotatable bonds is 10. The number of nitrogens with one attached hydrogen (secondary N) is 2. The van der Waals surface area contributed by atoms with Crippen molar-refractivity contribution >= 4 is 11.4 Å². The summed E-state index contributed by atoms with van der Waals surface area (Å²) in [6.07, 6.45) is 3.69. The van der Waals surface area contributed by atoms with Gasteiger partial charge in [-0.3, -0.25) is 9.80 Å². The monoisotopic (exact) mass is 592 g/mol. The first-order valence-corrected chi connectivity index (χ1v) is 15.9. The van der Waals surface area contributed by atoms with Gasteiger partial charge in [-0.05, 0) is 48.2 Å². The Balaban J connectivity index is 0.000000175. The maximum Gasteiger partial charge on any atom is 0.137 e. The molecule has 6 rings (SSSR count). The number of methoxy groups -OCH3 is 1. The molecule has 0 atom stereocenters. The van der Waals surface area contributed by atoms with E-state index in [1.807, 2.05) is 36.4 Å². The number of piperidine rings is 2. The van der Waals surface area contributed by atoms with Crippen molar-refractivity contribution in [3.05, 3.63) is 132 Å². The van der Waals surface area contributed by atoms with Crippen molar-refractivity contribution in [2.45, 2.75) is 50.0 Å². The quantitative estimate of drug-likeness (QED) is 0.175. The minimum Gasteiger partial charge on any atom is -0.382 e. The number of hydrogen-bond acceptors (Lipinski definition) is 6. The van der Waals surface area contributed by atoms with Crippen LogP contribution in [0.3, 0.4) is 0 Å². The molecule has 2 fully saturated rings. The van der Waals surface area contributed by atoms with Crippen LogP contribution in [0.2, 0.25) is 0 Å². The lowest BCUT2D eigenvalue weighted by atomic mass is 9.87. The van der Waals surface area contributed by atoms with Crippen molar-refractivity contribution in [1.82, 2.24) is 9.80 Å². The van der Waals surface area contributed by atoms with Crippen LogP contribution in [0, 0.1) is 0 Å². The van der Waals surface area contributed by atoms with E-state index in [4.69, 9.17) is 4.74 Å². The van der Waals surface area contributed by atoms with Gasteiger partial charge in [0.2, 0.25) is 0 Å². The molecule has 0 bridgehead atoms. The number of likely N-dealkylation sites (tertiary alicyclic amines) is 2. The predicted molar refractivity (Wildman–Crippen MR) is 182 cm³/mol. The molecule has 4 aromatic rings. The van der Waals surface area contributed by atoms with Gasteiger partial charge in [-0.2, -0.15) is 0 Å². The van der Waals surface area contributed by atoms with Gasteiger partial charge in [-0.25, -0.2) is 0 Å². The molecule has 0 unspecified atom stereocenters. The minimum atomic E-state index is -0.783. The average molecular weight is 593 g/mol. The summed E-state index contributed by atoms with van der Waals surface area (Å²) in [6.45, 7) is 6.76. The molecule has 2 aliphatic heterocycles. The maximum absolute atomic E-state index is 10.7. The SMILES string of the molecule is COCC1(Nc2ccccc2)CCN(Cc2ccccc2)CC1.OC1(Nc2ccccc2)CCN(Cc2ccccc2)CC1. The zero-order valence-corrected chi connectivity index (χ0v) is 26.1. The first kappa shape index (κ1) is 31.7. The number of nitrogens with zero attached hydrogens (tertiary/aromatic N) is 2. The second kappa shape index (κ2) is 15.9. The Labute approximate surface area is 263 Å². The van der Waals surface area contributed by atoms with Crippen molar-refractivity contribution in [3.8, 4) is 0 Å².